The maximum atomic E-state index is 6.09. The summed E-state index contributed by atoms with van der Waals surface area (Å²) < 4.78 is 2.01. The van der Waals surface area contributed by atoms with E-state index >= 15 is 0 Å². The molecule has 0 saturated carbocycles. The molecule has 0 bridgehead atoms. The molecule has 5 rings (SSSR count). The van der Waals surface area contributed by atoms with Crippen LogP contribution in [0.15, 0.2) is 72.1 Å². The second-order valence-corrected chi connectivity index (χ2v) is 8.41. The third-order valence-corrected chi connectivity index (χ3v) is 6.33. The molecular formula is C23H20ClN3S. The summed E-state index contributed by atoms with van der Waals surface area (Å²) in [5, 5.41) is 7.71. The molecule has 140 valence electrons. The minimum absolute atomic E-state index is 0.728. The number of halogens is 1. The average molecular weight is 406 g/mol. The van der Waals surface area contributed by atoms with Gasteiger partial charge >= 0.3 is 0 Å². The predicted molar refractivity (Wildman–Crippen MR) is 119 cm³/mol. The third-order valence-electron chi connectivity index (χ3n) is 5.19. The van der Waals surface area contributed by atoms with Crippen LogP contribution < -0.4 is 4.90 Å². The van der Waals surface area contributed by atoms with Crippen LogP contribution in [-0.2, 0) is 0 Å². The van der Waals surface area contributed by atoms with E-state index < -0.39 is 0 Å². The van der Waals surface area contributed by atoms with Crippen molar-refractivity contribution in [1.82, 2.24) is 9.78 Å². The Kier molecular flexibility index (Phi) is 4.67. The molecular weight excluding hydrogens is 386 g/mol. The Morgan fingerprint density at radius 2 is 1.57 bits per heavy atom. The van der Waals surface area contributed by atoms with Crippen LogP contribution in [0.3, 0.4) is 0 Å². The van der Waals surface area contributed by atoms with Crippen molar-refractivity contribution in [3.05, 3.63) is 77.1 Å². The van der Waals surface area contributed by atoms with Crippen LogP contribution in [-0.4, -0.2) is 22.9 Å². The summed E-state index contributed by atoms with van der Waals surface area (Å²) in [6.45, 7) is 2.31. The maximum absolute atomic E-state index is 6.09. The third kappa shape index (κ3) is 3.34. The first kappa shape index (κ1) is 17.5. The van der Waals surface area contributed by atoms with Crippen molar-refractivity contribution in [1.29, 1.82) is 0 Å². The van der Waals surface area contributed by atoms with E-state index in [0.29, 0.717) is 0 Å². The zero-order valence-corrected chi connectivity index (χ0v) is 17.0. The molecule has 1 aliphatic heterocycles. The summed E-state index contributed by atoms with van der Waals surface area (Å²) >= 11 is 7.80. The molecule has 0 N–H and O–H groups in total. The second kappa shape index (κ2) is 7.46. The van der Waals surface area contributed by atoms with Gasteiger partial charge in [0.05, 0.1) is 16.3 Å². The summed E-state index contributed by atoms with van der Waals surface area (Å²) in [6, 6.07) is 23.0. The van der Waals surface area contributed by atoms with Crippen molar-refractivity contribution >= 4 is 28.6 Å². The highest BCUT2D eigenvalue weighted by Crippen LogP contribution is 2.32. The molecule has 3 heterocycles. The molecule has 5 heteroatoms. The quantitative estimate of drug-likeness (QED) is 0.385. The van der Waals surface area contributed by atoms with Crippen molar-refractivity contribution in [2.24, 2.45) is 0 Å². The zero-order valence-electron chi connectivity index (χ0n) is 15.4. The topological polar surface area (TPSA) is 21.1 Å². The van der Waals surface area contributed by atoms with E-state index in [0.717, 1.165) is 40.8 Å². The fourth-order valence-corrected chi connectivity index (χ4v) is 4.54. The van der Waals surface area contributed by atoms with Crippen LogP contribution in [0.5, 0.6) is 0 Å². The monoisotopic (exact) mass is 405 g/mol. The molecule has 0 radical (unpaired) electrons. The molecule has 1 aliphatic rings. The van der Waals surface area contributed by atoms with Gasteiger partial charge in [-0.15, -0.1) is 11.3 Å². The second-order valence-electron chi connectivity index (χ2n) is 7.02. The number of aromatic nitrogens is 2. The number of hydrogen-bond donors (Lipinski definition) is 0. The number of nitrogens with zero attached hydrogens (tertiary/aromatic N) is 3. The van der Waals surface area contributed by atoms with Crippen LogP contribution in [0.2, 0.25) is 5.02 Å². The first-order valence-electron chi connectivity index (χ1n) is 9.53. The Bertz CT molecular complexity index is 1060. The summed E-state index contributed by atoms with van der Waals surface area (Å²) in [5.41, 5.74) is 5.54. The molecule has 0 unspecified atom stereocenters. The van der Waals surface area contributed by atoms with Crippen molar-refractivity contribution in [3.63, 3.8) is 0 Å². The van der Waals surface area contributed by atoms with E-state index in [-0.39, 0.29) is 0 Å². The zero-order chi connectivity index (χ0) is 18.9. The number of anilines is 1. The summed E-state index contributed by atoms with van der Waals surface area (Å²) in [7, 11) is 0. The Hall–Kier alpha value is -2.56. The fourth-order valence-electron chi connectivity index (χ4n) is 3.73. The summed E-state index contributed by atoms with van der Waals surface area (Å²) in [6.07, 6.45) is 2.57. The fraction of sp³-hybridized carbons (Fsp3) is 0.174. The lowest BCUT2D eigenvalue weighted by Gasteiger charge is -2.17. The molecule has 1 fully saturated rings. The molecule has 0 amide bonds. The smallest absolute Gasteiger partial charge is 0.103 e. The molecule has 0 aliphatic carbocycles. The lowest BCUT2D eigenvalue weighted by atomic mass is 10.1. The van der Waals surface area contributed by atoms with Crippen molar-refractivity contribution in [3.8, 4) is 27.5 Å². The minimum atomic E-state index is 0.728. The average Bonchev–Trinajstić information content (AvgIpc) is 3.49. The van der Waals surface area contributed by atoms with Crippen LogP contribution in [0, 0.1) is 0 Å². The van der Waals surface area contributed by atoms with Gasteiger partial charge in [-0.05, 0) is 66.8 Å². The lowest BCUT2D eigenvalue weighted by molar-refractivity contribution is 0.892. The first-order valence-corrected chi connectivity index (χ1v) is 10.8. The molecule has 2 aromatic carbocycles. The Morgan fingerprint density at radius 3 is 2.25 bits per heavy atom. The van der Waals surface area contributed by atoms with Crippen LogP contribution in [0.1, 0.15) is 12.8 Å². The van der Waals surface area contributed by atoms with Crippen molar-refractivity contribution in [2.75, 3.05) is 18.0 Å². The number of thiophene rings is 1. The van der Waals surface area contributed by atoms with Gasteiger partial charge in [0.25, 0.3) is 0 Å². The Morgan fingerprint density at radius 1 is 0.857 bits per heavy atom. The van der Waals surface area contributed by atoms with Gasteiger partial charge in [0, 0.05) is 29.4 Å². The van der Waals surface area contributed by atoms with E-state index in [9.17, 15) is 0 Å². The van der Waals surface area contributed by atoms with Gasteiger partial charge in [0.15, 0.2) is 0 Å². The molecule has 3 nitrogen and oxygen atoms in total. The highest BCUT2D eigenvalue weighted by Gasteiger charge is 2.16. The van der Waals surface area contributed by atoms with E-state index in [1.54, 1.807) is 11.3 Å². The van der Waals surface area contributed by atoms with Gasteiger partial charge in [-0.3, -0.25) is 0 Å². The highest BCUT2D eigenvalue weighted by atomic mass is 35.5. The highest BCUT2D eigenvalue weighted by molar-refractivity contribution is 7.13. The normalized spacial score (nSPS) is 14.0. The summed E-state index contributed by atoms with van der Waals surface area (Å²) in [4.78, 5) is 3.62. The molecule has 28 heavy (non-hydrogen) atoms. The lowest BCUT2D eigenvalue weighted by Crippen LogP contribution is -2.17. The maximum Gasteiger partial charge on any atom is 0.103 e. The molecule has 0 spiro atoms. The van der Waals surface area contributed by atoms with Crippen LogP contribution in [0.25, 0.3) is 27.5 Å². The van der Waals surface area contributed by atoms with Crippen LogP contribution in [0.4, 0.5) is 5.69 Å². The van der Waals surface area contributed by atoms with Gasteiger partial charge in [0.2, 0.25) is 0 Å². The molecule has 2 aromatic heterocycles. The number of benzene rings is 2. The number of hydrogen-bond acceptors (Lipinski definition) is 3. The predicted octanol–water partition coefficient (Wildman–Crippen LogP) is 6.52. The largest absolute Gasteiger partial charge is 0.372 e. The van der Waals surface area contributed by atoms with E-state index in [2.05, 4.69) is 52.7 Å². The van der Waals surface area contributed by atoms with E-state index in [1.807, 2.05) is 28.9 Å². The van der Waals surface area contributed by atoms with Gasteiger partial charge in [-0.25, -0.2) is 4.68 Å². The van der Waals surface area contributed by atoms with Gasteiger partial charge < -0.3 is 4.90 Å². The van der Waals surface area contributed by atoms with E-state index in [1.165, 1.54) is 23.4 Å². The minimum Gasteiger partial charge on any atom is -0.372 e. The Balaban J connectivity index is 1.58. The Labute approximate surface area is 173 Å². The molecule has 4 aromatic rings. The van der Waals surface area contributed by atoms with Gasteiger partial charge in [-0.2, -0.15) is 5.10 Å². The molecule has 1 saturated heterocycles. The van der Waals surface area contributed by atoms with Gasteiger partial charge in [0.1, 0.15) is 5.69 Å². The summed E-state index contributed by atoms with van der Waals surface area (Å²) in [5.74, 6) is 0. The van der Waals surface area contributed by atoms with Crippen LogP contribution >= 0.6 is 22.9 Å². The van der Waals surface area contributed by atoms with Crippen molar-refractivity contribution in [2.45, 2.75) is 12.8 Å². The van der Waals surface area contributed by atoms with Crippen molar-refractivity contribution < 1.29 is 0 Å². The number of rotatable bonds is 4. The molecule has 0 atom stereocenters. The standard InChI is InChI=1S/C23H20ClN3S/c24-18-7-11-20(12-8-18)27-22(16-21(25-27)23-4-3-15-28-23)17-5-9-19(10-6-17)26-13-1-2-14-26/h3-12,15-16H,1-2,13-14H2. The van der Waals surface area contributed by atoms with E-state index in [4.69, 9.17) is 16.7 Å². The first-order chi connectivity index (χ1) is 13.8. The SMILES string of the molecule is Clc1ccc(-n2nc(-c3cccs3)cc2-c2ccc(N3CCCC3)cc2)cc1. The van der Waals surface area contributed by atoms with Gasteiger partial charge in [-0.1, -0.05) is 29.8 Å².